The maximum absolute atomic E-state index is 13.9. The van der Waals surface area contributed by atoms with Crippen molar-refractivity contribution in [3.63, 3.8) is 0 Å². The summed E-state index contributed by atoms with van der Waals surface area (Å²) < 4.78 is 83.7. The molecule has 2 aromatic heterocycles. The van der Waals surface area contributed by atoms with Gasteiger partial charge in [0.1, 0.15) is 23.9 Å². The fourth-order valence-electron chi connectivity index (χ4n) is 5.33. The lowest BCUT2D eigenvalue weighted by Crippen LogP contribution is -2.40. The Balaban J connectivity index is 1.45. The van der Waals surface area contributed by atoms with E-state index in [1.54, 1.807) is 25.1 Å². The first kappa shape index (κ1) is 28.8. The maximum Gasteiger partial charge on any atom is 0.410 e. The number of oxazole rings is 1. The fourth-order valence-corrected chi connectivity index (χ4v) is 5.33. The van der Waals surface area contributed by atoms with Crippen molar-refractivity contribution in [2.75, 3.05) is 20.3 Å². The van der Waals surface area contributed by atoms with Crippen LogP contribution in [0.4, 0.5) is 26.7 Å². The summed E-state index contributed by atoms with van der Waals surface area (Å²) in [6, 6.07) is 0.0841. The molecule has 2 N–H and O–H groups in total. The van der Waals surface area contributed by atoms with Crippen LogP contribution in [-0.2, 0) is 4.74 Å². The molecule has 0 spiro atoms. The van der Waals surface area contributed by atoms with E-state index in [9.17, 15) is 31.5 Å². The first-order valence-electron chi connectivity index (χ1n) is 13.0. The Labute approximate surface area is 230 Å². The highest BCUT2D eigenvalue weighted by atomic mass is 19.4. The number of fused-ring (bicyclic) bond motifs is 1. The lowest BCUT2D eigenvalue weighted by atomic mass is 9.82. The molecule has 2 aliphatic rings. The molecule has 1 aliphatic heterocycles. The van der Waals surface area contributed by atoms with Crippen LogP contribution in [0.15, 0.2) is 33.4 Å². The topological polar surface area (TPSA) is 123 Å². The Morgan fingerprint density at radius 2 is 2.02 bits per heavy atom. The van der Waals surface area contributed by atoms with Gasteiger partial charge in [-0.25, -0.2) is 18.6 Å². The molecule has 1 saturated carbocycles. The van der Waals surface area contributed by atoms with E-state index < -0.39 is 54.6 Å². The molecule has 3 aromatic rings. The quantitative estimate of drug-likeness (QED) is 0.354. The number of rotatable bonds is 8. The Morgan fingerprint density at radius 1 is 1.29 bits per heavy atom. The summed E-state index contributed by atoms with van der Waals surface area (Å²) in [7, 11) is 1.37. The summed E-state index contributed by atoms with van der Waals surface area (Å²) in [4.78, 5) is 31.0. The molecule has 0 bridgehead atoms. The number of benzene rings is 1. The lowest BCUT2D eigenvalue weighted by Gasteiger charge is -2.32. The summed E-state index contributed by atoms with van der Waals surface area (Å²) >= 11 is 0. The van der Waals surface area contributed by atoms with Crippen molar-refractivity contribution in [3.05, 3.63) is 47.2 Å². The van der Waals surface area contributed by atoms with Gasteiger partial charge in [0, 0.05) is 25.5 Å². The number of halogens is 5. The van der Waals surface area contributed by atoms with Crippen LogP contribution in [0.2, 0.25) is 0 Å². The minimum atomic E-state index is -4.61. The Bertz CT molecular complexity index is 1410. The fraction of sp³-hybridized carbons (Fsp3) is 0.538. The number of aromatic nitrogens is 2. The van der Waals surface area contributed by atoms with Crippen LogP contribution in [0.25, 0.3) is 11.1 Å². The van der Waals surface area contributed by atoms with Gasteiger partial charge in [0.15, 0.2) is 11.3 Å². The Morgan fingerprint density at radius 3 is 2.63 bits per heavy atom. The third-order valence-electron chi connectivity index (χ3n) is 7.59. The maximum atomic E-state index is 13.9. The normalized spacial score (nSPS) is 21.2. The van der Waals surface area contributed by atoms with E-state index in [4.69, 9.17) is 13.7 Å². The number of nitrogens with zero attached hydrogens (tertiary/aromatic N) is 3. The zero-order chi connectivity index (χ0) is 29.5. The van der Waals surface area contributed by atoms with Crippen molar-refractivity contribution in [2.45, 2.75) is 62.8 Å². The summed E-state index contributed by atoms with van der Waals surface area (Å²) in [6.07, 6.45) is -3.79. The van der Waals surface area contributed by atoms with Crippen molar-refractivity contribution < 1.29 is 45.2 Å². The number of carbonyl (C=O) groups excluding carboxylic acids is 2. The number of methoxy groups -OCH3 is 1. The van der Waals surface area contributed by atoms with Gasteiger partial charge in [-0.3, -0.25) is 4.79 Å². The van der Waals surface area contributed by atoms with Crippen LogP contribution in [-0.4, -0.2) is 65.4 Å². The SMILES string of the molecule is COCC(c1ccc2oc(C(NC(=O)c3nocc3C)C3CCC(F)(F)CC3)nc2c1)N1CC(C(F)(F)F)NC1=O. The molecular weight excluding hydrogens is 557 g/mol. The van der Waals surface area contributed by atoms with Crippen LogP contribution in [0.5, 0.6) is 0 Å². The second kappa shape index (κ2) is 10.9. The second-order valence-electron chi connectivity index (χ2n) is 10.4. The molecule has 222 valence electrons. The number of carbonyl (C=O) groups is 2. The monoisotopic (exact) mass is 585 g/mol. The highest BCUT2D eigenvalue weighted by Gasteiger charge is 2.48. The lowest BCUT2D eigenvalue weighted by molar-refractivity contribution is -0.150. The van der Waals surface area contributed by atoms with Gasteiger partial charge in [0.25, 0.3) is 5.91 Å². The zero-order valence-corrected chi connectivity index (χ0v) is 22.1. The van der Waals surface area contributed by atoms with E-state index in [-0.39, 0.29) is 43.9 Å². The van der Waals surface area contributed by atoms with Crippen LogP contribution < -0.4 is 10.6 Å². The van der Waals surface area contributed by atoms with Crippen molar-refractivity contribution in [1.29, 1.82) is 0 Å². The number of hydrogen-bond donors (Lipinski definition) is 2. The second-order valence-corrected chi connectivity index (χ2v) is 10.4. The number of aryl methyl sites for hydroxylation is 1. The molecular formula is C26H28F5N5O5. The third-order valence-corrected chi connectivity index (χ3v) is 7.59. The molecule has 3 amide bonds. The number of urea groups is 1. The van der Waals surface area contributed by atoms with Gasteiger partial charge in [0.05, 0.1) is 19.2 Å². The molecule has 10 nitrogen and oxygen atoms in total. The van der Waals surface area contributed by atoms with Gasteiger partial charge < -0.3 is 29.2 Å². The molecule has 1 aliphatic carbocycles. The number of hydrogen-bond acceptors (Lipinski definition) is 7. The van der Waals surface area contributed by atoms with Gasteiger partial charge in [-0.2, -0.15) is 13.2 Å². The smallest absolute Gasteiger partial charge is 0.410 e. The molecule has 3 unspecified atom stereocenters. The zero-order valence-electron chi connectivity index (χ0n) is 22.1. The van der Waals surface area contributed by atoms with Crippen LogP contribution in [0.1, 0.15) is 65.3 Å². The summed E-state index contributed by atoms with van der Waals surface area (Å²) in [6.45, 7) is 0.955. The van der Waals surface area contributed by atoms with Gasteiger partial charge in [0.2, 0.25) is 11.8 Å². The number of alkyl halides is 5. The molecule has 3 heterocycles. The summed E-state index contributed by atoms with van der Waals surface area (Å²) in [5.41, 5.74) is 1.59. The van der Waals surface area contributed by atoms with Crippen LogP contribution in [0, 0.1) is 12.8 Å². The highest BCUT2D eigenvalue weighted by Crippen LogP contribution is 2.42. The molecule has 2 fully saturated rings. The molecule has 15 heteroatoms. The average molecular weight is 586 g/mol. The predicted octanol–water partition coefficient (Wildman–Crippen LogP) is 5.06. The first-order valence-corrected chi connectivity index (χ1v) is 13.0. The van der Waals surface area contributed by atoms with E-state index >= 15 is 0 Å². The number of ether oxygens (including phenoxy) is 1. The first-order chi connectivity index (χ1) is 19.4. The van der Waals surface area contributed by atoms with E-state index in [2.05, 4.69) is 15.5 Å². The molecule has 3 atom stereocenters. The number of amides is 3. The van der Waals surface area contributed by atoms with Crippen LogP contribution in [0.3, 0.4) is 0 Å². The standard InChI is InChI=1S/C26H28F5N5O5/c1-13-11-40-35-20(13)22(37)34-21(14-5-7-25(27,28)8-6-14)23-32-16-9-15(3-4-18(16)41-23)17(12-39-2)36-10-19(26(29,30)31)33-24(36)38/h3-4,9,11,14,17,19,21H,5-8,10,12H2,1-2H3,(H,33,38)(H,34,37). The minimum absolute atomic E-state index is 0.0398. The van der Waals surface area contributed by atoms with Crippen molar-refractivity contribution >= 4 is 23.0 Å². The van der Waals surface area contributed by atoms with Crippen molar-refractivity contribution in [1.82, 2.24) is 25.7 Å². The van der Waals surface area contributed by atoms with E-state index in [1.165, 1.54) is 13.4 Å². The predicted molar refractivity (Wildman–Crippen MR) is 132 cm³/mol. The van der Waals surface area contributed by atoms with Gasteiger partial charge in [-0.15, -0.1) is 0 Å². The summed E-state index contributed by atoms with van der Waals surface area (Å²) in [5, 5.41) is 8.47. The molecule has 41 heavy (non-hydrogen) atoms. The van der Waals surface area contributed by atoms with Crippen molar-refractivity contribution in [2.24, 2.45) is 5.92 Å². The third kappa shape index (κ3) is 5.99. The minimum Gasteiger partial charge on any atom is -0.438 e. The van der Waals surface area contributed by atoms with E-state index in [0.717, 1.165) is 4.90 Å². The van der Waals surface area contributed by atoms with Crippen LogP contribution >= 0.6 is 0 Å². The Kier molecular flexibility index (Phi) is 7.66. The average Bonchev–Trinajstić information content (AvgIpc) is 3.63. The van der Waals surface area contributed by atoms with E-state index in [1.807, 2.05) is 5.32 Å². The highest BCUT2D eigenvalue weighted by molar-refractivity contribution is 5.93. The summed E-state index contributed by atoms with van der Waals surface area (Å²) in [5.74, 6) is -3.71. The number of nitrogens with one attached hydrogen (secondary N) is 2. The van der Waals surface area contributed by atoms with Gasteiger partial charge in [-0.05, 0) is 43.4 Å². The van der Waals surface area contributed by atoms with Crippen molar-refractivity contribution in [3.8, 4) is 0 Å². The molecule has 1 aromatic carbocycles. The van der Waals surface area contributed by atoms with Gasteiger partial charge >= 0.3 is 12.2 Å². The largest absolute Gasteiger partial charge is 0.438 e. The molecule has 1 saturated heterocycles. The van der Waals surface area contributed by atoms with Gasteiger partial charge in [-0.1, -0.05) is 11.2 Å². The van der Waals surface area contributed by atoms with E-state index in [0.29, 0.717) is 22.2 Å². The Hall–Kier alpha value is -3.75. The molecule has 5 rings (SSSR count). The molecule has 0 radical (unpaired) electrons.